The highest BCUT2D eigenvalue weighted by Crippen LogP contribution is 2.14. The molecule has 4 heteroatoms. The SMILES string of the molecule is CC(C)CCC(C)NC1CCS(=O)(=O)CC1. The average molecular weight is 247 g/mol. The van der Waals surface area contributed by atoms with Gasteiger partial charge in [0.2, 0.25) is 0 Å². The van der Waals surface area contributed by atoms with Gasteiger partial charge in [0, 0.05) is 12.1 Å². The van der Waals surface area contributed by atoms with E-state index in [0.717, 1.165) is 18.8 Å². The number of hydrogen-bond donors (Lipinski definition) is 1. The Balaban J connectivity index is 2.23. The molecule has 0 aliphatic carbocycles. The van der Waals surface area contributed by atoms with Crippen LogP contribution in [0.5, 0.6) is 0 Å². The van der Waals surface area contributed by atoms with Gasteiger partial charge in [-0.1, -0.05) is 13.8 Å². The van der Waals surface area contributed by atoms with Crippen LogP contribution in [0.4, 0.5) is 0 Å². The highest BCUT2D eigenvalue weighted by atomic mass is 32.2. The minimum atomic E-state index is -2.72. The van der Waals surface area contributed by atoms with Crippen LogP contribution >= 0.6 is 0 Å². The Morgan fingerprint density at radius 2 is 1.69 bits per heavy atom. The third-order valence-electron chi connectivity index (χ3n) is 3.25. The molecule has 1 heterocycles. The summed E-state index contributed by atoms with van der Waals surface area (Å²) in [5.41, 5.74) is 0. The normalized spacial score (nSPS) is 23.5. The van der Waals surface area contributed by atoms with Crippen LogP contribution in [-0.4, -0.2) is 32.0 Å². The molecule has 0 radical (unpaired) electrons. The van der Waals surface area contributed by atoms with Crippen LogP contribution < -0.4 is 5.32 Å². The molecule has 0 aromatic carbocycles. The summed E-state index contributed by atoms with van der Waals surface area (Å²) in [5, 5.41) is 3.55. The van der Waals surface area contributed by atoms with E-state index in [1.54, 1.807) is 0 Å². The quantitative estimate of drug-likeness (QED) is 0.808. The lowest BCUT2D eigenvalue weighted by atomic mass is 10.0. The summed E-state index contributed by atoms with van der Waals surface area (Å²) >= 11 is 0. The topological polar surface area (TPSA) is 46.2 Å². The van der Waals surface area contributed by atoms with Gasteiger partial charge in [0.1, 0.15) is 9.84 Å². The third kappa shape index (κ3) is 5.30. The fourth-order valence-corrected chi connectivity index (χ4v) is 3.62. The monoisotopic (exact) mass is 247 g/mol. The van der Waals surface area contributed by atoms with Gasteiger partial charge < -0.3 is 5.32 Å². The first kappa shape index (κ1) is 14.0. The molecule has 0 aromatic heterocycles. The van der Waals surface area contributed by atoms with Crippen LogP contribution in [-0.2, 0) is 9.84 Å². The molecule has 1 N–H and O–H groups in total. The van der Waals surface area contributed by atoms with Crippen molar-refractivity contribution in [2.45, 2.75) is 58.5 Å². The van der Waals surface area contributed by atoms with Crippen molar-refractivity contribution in [1.82, 2.24) is 5.32 Å². The van der Waals surface area contributed by atoms with E-state index in [1.807, 2.05) is 0 Å². The van der Waals surface area contributed by atoms with Crippen molar-refractivity contribution in [3.63, 3.8) is 0 Å². The molecule has 1 fully saturated rings. The Kier molecular flexibility index (Phi) is 5.25. The predicted molar refractivity (Wildman–Crippen MR) is 68.3 cm³/mol. The summed E-state index contributed by atoms with van der Waals surface area (Å²) in [6, 6.07) is 0.916. The molecule has 1 atom stereocenters. The molecule has 1 aliphatic heterocycles. The summed E-state index contributed by atoms with van der Waals surface area (Å²) in [5.74, 6) is 1.47. The smallest absolute Gasteiger partial charge is 0.150 e. The first-order chi connectivity index (χ1) is 7.39. The second-order valence-electron chi connectivity index (χ2n) is 5.47. The Labute approximate surface area is 99.9 Å². The molecule has 96 valence electrons. The van der Waals surface area contributed by atoms with Crippen molar-refractivity contribution in [3.05, 3.63) is 0 Å². The maximum absolute atomic E-state index is 11.3. The van der Waals surface area contributed by atoms with Gasteiger partial charge in [-0.3, -0.25) is 0 Å². The highest BCUT2D eigenvalue weighted by molar-refractivity contribution is 7.91. The van der Waals surface area contributed by atoms with Gasteiger partial charge in [0.15, 0.2) is 0 Å². The van der Waals surface area contributed by atoms with E-state index in [2.05, 4.69) is 26.1 Å². The van der Waals surface area contributed by atoms with Crippen LogP contribution in [0.1, 0.15) is 46.5 Å². The summed E-state index contributed by atoms with van der Waals surface area (Å²) in [4.78, 5) is 0. The molecule has 3 nitrogen and oxygen atoms in total. The number of sulfone groups is 1. The largest absolute Gasteiger partial charge is 0.311 e. The van der Waals surface area contributed by atoms with Gasteiger partial charge >= 0.3 is 0 Å². The van der Waals surface area contributed by atoms with Crippen molar-refractivity contribution in [2.75, 3.05) is 11.5 Å². The van der Waals surface area contributed by atoms with E-state index in [1.165, 1.54) is 12.8 Å². The van der Waals surface area contributed by atoms with E-state index in [0.29, 0.717) is 23.6 Å². The molecular formula is C12H25NO2S. The van der Waals surface area contributed by atoms with Crippen molar-refractivity contribution in [1.29, 1.82) is 0 Å². The van der Waals surface area contributed by atoms with Crippen molar-refractivity contribution >= 4 is 9.84 Å². The lowest BCUT2D eigenvalue weighted by Gasteiger charge is -2.27. The molecule has 1 aliphatic rings. The molecule has 16 heavy (non-hydrogen) atoms. The van der Waals surface area contributed by atoms with Crippen molar-refractivity contribution in [2.24, 2.45) is 5.92 Å². The van der Waals surface area contributed by atoms with Gasteiger partial charge in [-0.15, -0.1) is 0 Å². The zero-order valence-corrected chi connectivity index (χ0v) is 11.5. The Hall–Kier alpha value is -0.0900. The fourth-order valence-electron chi connectivity index (χ4n) is 2.13. The van der Waals surface area contributed by atoms with Gasteiger partial charge in [-0.2, -0.15) is 0 Å². The first-order valence-corrected chi connectivity index (χ1v) is 8.17. The molecule has 0 amide bonds. The van der Waals surface area contributed by atoms with Crippen molar-refractivity contribution < 1.29 is 8.42 Å². The van der Waals surface area contributed by atoms with E-state index >= 15 is 0 Å². The molecule has 0 spiro atoms. The molecule has 0 saturated carbocycles. The zero-order chi connectivity index (χ0) is 12.2. The third-order valence-corrected chi connectivity index (χ3v) is 4.97. The van der Waals surface area contributed by atoms with Crippen LogP contribution in [0, 0.1) is 5.92 Å². The number of rotatable bonds is 5. The summed E-state index contributed by atoms with van der Waals surface area (Å²) in [6.07, 6.45) is 3.99. The summed E-state index contributed by atoms with van der Waals surface area (Å²) < 4.78 is 22.5. The lowest BCUT2D eigenvalue weighted by Crippen LogP contribution is -2.42. The number of hydrogen-bond acceptors (Lipinski definition) is 3. The minimum absolute atomic E-state index is 0.363. The van der Waals surface area contributed by atoms with Gasteiger partial charge in [-0.25, -0.2) is 8.42 Å². The molecule has 0 bridgehead atoms. The van der Waals surface area contributed by atoms with E-state index in [9.17, 15) is 8.42 Å². The second kappa shape index (κ2) is 6.01. The van der Waals surface area contributed by atoms with Crippen LogP contribution in [0.3, 0.4) is 0 Å². The van der Waals surface area contributed by atoms with Gasteiger partial charge in [0.05, 0.1) is 11.5 Å². The maximum atomic E-state index is 11.3. The Morgan fingerprint density at radius 3 is 2.19 bits per heavy atom. The molecule has 1 rings (SSSR count). The lowest BCUT2D eigenvalue weighted by molar-refractivity contribution is 0.379. The maximum Gasteiger partial charge on any atom is 0.150 e. The van der Waals surface area contributed by atoms with E-state index in [4.69, 9.17) is 0 Å². The summed E-state index contributed by atoms with van der Waals surface area (Å²) in [6.45, 7) is 6.67. The first-order valence-electron chi connectivity index (χ1n) is 6.35. The van der Waals surface area contributed by atoms with Gasteiger partial charge in [0.25, 0.3) is 0 Å². The molecular weight excluding hydrogens is 222 g/mol. The fraction of sp³-hybridized carbons (Fsp3) is 1.00. The summed E-state index contributed by atoms with van der Waals surface area (Å²) in [7, 11) is -2.72. The Morgan fingerprint density at radius 1 is 1.12 bits per heavy atom. The molecule has 1 saturated heterocycles. The van der Waals surface area contributed by atoms with Crippen molar-refractivity contribution in [3.8, 4) is 0 Å². The number of nitrogens with one attached hydrogen (secondary N) is 1. The molecule has 1 unspecified atom stereocenters. The highest BCUT2D eigenvalue weighted by Gasteiger charge is 2.24. The second-order valence-corrected chi connectivity index (χ2v) is 7.77. The van der Waals surface area contributed by atoms with E-state index < -0.39 is 9.84 Å². The Bertz CT molecular complexity index is 284. The predicted octanol–water partition coefficient (Wildman–Crippen LogP) is 1.98. The van der Waals surface area contributed by atoms with Crippen LogP contribution in [0.2, 0.25) is 0 Å². The zero-order valence-electron chi connectivity index (χ0n) is 10.7. The van der Waals surface area contributed by atoms with Crippen LogP contribution in [0.25, 0.3) is 0 Å². The molecule has 0 aromatic rings. The minimum Gasteiger partial charge on any atom is -0.311 e. The average Bonchev–Trinajstić information content (AvgIpc) is 2.18. The van der Waals surface area contributed by atoms with Crippen LogP contribution in [0.15, 0.2) is 0 Å². The van der Waals surface area contributed by atoms with E-state index in [-0.39, 0.29) is 0 Å². The van der Waals surface area contributed by atoms with Gasteiger partial charge in [-0.05, 0) is 38.5 Å². The standard InChI is InChI=1S/C12H25NO2S/c1-10(2)4-5-11(3)13-12-6-8-16(14,15)9-7-12/h10-13H,4-9H2,1-3H3.